The smallest absolute Gasteiger partial charge is 0.422 e. The summed E-state index contributed by atoms with van der Waals surface area (Å²) in [5.74, 6) is 0.838. The second-order valence-corrected chi connectivity index (χ2v) is 17.1. The second kappa shape index (κ2) is 13.4. The molecule has 0 saturated carbocycles. The van der Waals surface area contributed by atoms with Crippen molar-refractivity contribution in [2.75, 3.05) is 68.7 Å². The van der Waals surface area contributed by atoms with Crippen molar-refractivity contribution in [1.29, 1.82) is 0 Å². The number of aromatic nitrogens is 5. The van der Waals surface area contributed by atoms with Gasteiger partial charge in [-0.1, -0.05) is 0 Å². The lowest BCUT2D eigenvalue weighted by molar-refractivity contribution is -0.153. The zero-order chi connectivity index (χ0) is 34.3. The lowest BCUT2D eigenvalue weighted by atomic mass is 9.71. The summed E-state index contributed by atoms with van der Waals surface area (Å²) in [5.41, 5.74) is 2.95. The van der Waals surface area contributed by atoms with Gasteiger partial charge < -0.3 is 29.7 Å². The standard InChI is InChI=1S/C32H38BrF3N9O2P/c1-20-17-24(29(47-19-32(34,35)36)43-28(20)45-15-9-31(10-16-45)7-13-44(2)14-8-31)41-30-39-18-21(33)27(42-30)40-23-6-5-22-25(38-12-11-37-22)26(23)48(3,4)46/h5-6,11-12,17-18H,7-10,13-16,19H2,1-4H3,(H2,39,40,41,42). The van der Waals surface area contributed by atoms with Crippen LogP contribution in [0, 0.1) is 12.3 Å². The summed E-state index contributed by atoms with van der Waals surface area (Å²) >= 11 is 3.47. The number of piperidine rings is 2. The molecular weight excluding hydrogens is 710 g/mol. The molecule has 0 unspecified atom stereocenters. The van der Waals surface area contributed by atoms with Crippen molar-refractivity contribution in [3.8, 4) is 5.88 Å². The van der Waals surface area contributed by atoms with Crippen LogP contribution >= 0.6 is 23.1 Å². The van der Waals surface area contributed by atoms with Gasteiger partial charge >= 0.3 is 6.18 Å². The quantitative estimate of drug-likeness (QED) is 0.184. The summed E-state index contributed by atoms with van der Waals surface area (Å²) in [6, 6.07) is 5.25. The predicted molar refractivity (Wildman–Crippen MR) is 186 cm³/mol. The molecule has 0 radical (unpaired) electrons. The number of hydrogen-bond acceptors (Lipinski definition) is 11. The molecule has 0 bridgehead atoms. The van der Waals surface area contributed by atoms with Crippen LogP contribution in [0.3, 0.4) is 0 Å². The van der Waals surface area contributed by atoms with Gasteiger partial charge in [-0.25, -0.2) is 4.98 Å². The lowest BCUT2D eigenvalue weighted by Gasteiger charge is -2.46. The van der Waals surface area contributed by atoms with Crippen LogP contribution in [0.15, 0.2) is 41.3 Å². The van der Waals surface area contributed by atoms with Gasteiger partial charge in [0.15, 0.2) is 6.61 Å². The summed E-state index contributed by atoms with van der Waals surface area (Å²) in [7, 11) is -0.695. The first kappa shape index (κ1) is 34.3. The molecular formula is C32H38BrF3N9O2P. The molecule has 2 saturated heterocycles. The monoisotopic (exact) mass is 747 g/mol. The number of nitrogens with one attached hydrogen (secondary N) is 2. The third kappa shape index (κ3) is 7.68. The maximum Gasteiger partial charge on any atom is 0.422 e. The molecule has 2 N–H and O–H groups in total. The first-order valence-corrected chi connectivity index (χ1v) is 19.1. The van der Waals surface area contributed by atoms with Gasteiger partial charge in [-0.05, 0) is 111 Å². The Morgan fingerprint density at radius 3 is 2.35 bits per heavy atom. The number of pyridine rings is 1. The Bertz CT molecular complexity index is 1860. The SMILES string of the molecule is Cc1cc(Nc2ncc(Br)c(Nc3ccc4nccnc4c3P(C)(C)=O)n2)c(OCC(F)(F)F)nc1N1CCC2(CCN(C)CC2)CC1. The van der Waals surface area contributed by atoms with E-state index in [1.165, 1.54) is 6.20 Å². The number of hydrogen-bond donors (Lipinski definition) is 2. The predicted octanol–water partition coefficient (Wildman–Crippen LogP) is 6.87. The molecule has 11 nitrogen and oxygen atoms in total. The molecule has 256 valence electrons. The number of aryl methyl sites for hydroxylation is 1. The fourth-order valence-electron chi connectivity index (χ4n) is 6.47. The Morgan fingerprint density at radius 2 is 1.67 bits per heavy atom. The second-order valence-electron chi connectivity index (χ2n) is 13.1. The van der Waals surface area contributed by atoms with Crippen LogP contribution in [0.1, 0.15) is 31.2 Å². The highest BCUT2D eigenvalue weighted by molar-refractivity contribution is 9.10. The fraction of sp³-hybridized carbons (Fsp3) is 0.469. The molecule has 0 aliphatic carbocycles. The number of likely N-dealkylation sites (tertiary alicyclic amines) is 1. The molecule has 2 aliphatic rings. The summed E-state index contributed by atoms with van der Waals surface area (Å²) in [5, 5.41) is 6.77. The minimum atomic E-state index is -4.55. The number of ether oxygens (including phenoxy) is 1. The molecule has 3 aromatic heterocycles. The molecule has 6 rings (SSSR count). The Labute approximate surface area is 285 Å². The number of anilines is 5. The van der Waals surface area contributed by atoms with Crippen molar-refractivity contribution >= 4 is 68.4 Å². The number of benzene rings is 1. The van der Waals surface area contributed by atoms with Crippen molar-refractivity contribution in [2.24, 2.45) is 5.41 Å². The summed E-state index contributed by atoms with van der Waals surface area (Å²) in [6.45, 7) is 7.41. The molecule has 5 heterocycles. The normalized spacial score (nSPS) is 17.1. The average Bonchev–Trinajstić information content (AvgIpc) is 3.03. The fourth-order valence-corrected chi connectivity index (χ4v) is 8.16. The van der Waals surface area contributed by atoms with Crippen LogP contribution < -0.4 is 25.6 Å². The Kier molecular flexibility index (Phi) is 9.58. The third-order valence-corrected chi connectivity index (χ3v) is 11.2. The maximum atomic E-state index is 13.4. The molecule has 0 atom stereocenters. The zero-order valence-corrected chi connectivity index (χ0v) is 29.7. The van der Waals surface area contributed by atoms with E-state index >= 15 is 0 Å². The molecule has 4 aromatic rings. The minimum absolute atomic E-state index is 0.0898. The first-order valence-electron chi connectivity index (χ1n) is 15.7. The first-order chi connectivity index (χ1) is 22.7. The third-order valence-electron chi connectivity index (χ3n) is 9.09. The van der Waals surface area contributed by atoms with Crippen LogP contribution in [-0.4, -0.2) is 89.2 Å². The van der Waals surface area contributed by atoms with E-state index in [2.05, 4.69) is 68.3 Å². The van der Waals surface area contributed by atoms with E-state index in [9.17, 15) is 17.7 Å². The van der Waals surface area contributed by atoms with Crippen molar-refractivity contribution in [2.45, 2.75) is 38.8 Å². The highest BCUT2D eigenvalue weighted by atomic mass is 79.9. The van der Waals surface area contributed by atoms with Crippen LogP contribution in [0.2, 0.25) is 0 Å². The van der Waals surface area contributed by atoms with Crippen molar-refractivity contribution in [3.05, 3.63) is 46.8 Å². The summed E-state index contributed by atoms with van der Waals surface area (Å²) in [6.07, 6.45) is 4.41. The number of rotatable bonds is 8. The van der Waals surface area contributed by atoms with Gasteiger partial charge in [-0.3, -0.25) is 9.97 Å². The molecule has 2 fully saturated rings. The average molecular weight is 749 g/mol. The Balaban J connectivity index is 1.28. The van der Waals surface area contributed by atoms with Gasteiger partial charge in [0.1, 0.15) is 30.0 Å². The number of nitrogens with zero attached hydrogens (tertiary/aromatic N) is 7. The van der Waals surface area contributed by atoms with Crippen LogP contribution in [-0.2, 0) is 4.57 Å². The molecule has 48 heavy (non-hydrogen) atoms. The van der Waals surface area contributed by atoms with E-state index in [0.29, 0.717) is 43.5 Å². The maximum absolute atomic E-state index is 13.4. The van der Waals surface area contributed by atoms with Crippen LogP contribution in [0.5, 0.6) is 5.88 Å². The van der Waals surface area contributed by atoms with E-state index in [4.69, 9.17) is 4.74 Å². The van der Waals surface area contributed by atoms with Crippen LogP contribution in [0.4, 0.5) is 42.1 Å². The van der Waals surface area contributed by atoms with E-state index < -0.39 is 19.9 Å². The highest BCUT2D eigenvalue weighted by Crippen LogP contribution is 2.44. The molecule has 1 aromatic carbocycles. The van der Waals surface area contributed by atoms with Crippen molar-refractivity contribution < 1.29 is 22.5 Å². The molecule has 0 amide bonds. The Hall–Kier alpha value is -3.55. The largest absolute Gasteiger partial charge is 0.466 e. The topological polar surface area (TPSA) is 121 Å². The minimum Gasteiger partial charge on any atom is -0.466 e. The van der Waals surface area contributed by atoms with E-state index in [1.54, 1.807) is 43.9 Å². The van der Waals surface area contributed by atoms with Crippen molar-refractivity contribution in [3.63, 3.8) is 0 Å². The number of fused-ring (bicyclic) bond motifs is 1. The van der Waals surface area contributed by atoms with Gasteiger partial charge in [-0.2, -0.15) is 23.1 Å². The number of alkyl halides is 3. The van der Waals surface area contributed by atoms with E-state index in [1.807, 2.05) is 6.92 Å². The summed E-state index contributed by atoms with van der Waals surface area (Å²) in [4.78, 5) is 26.8. The zero-order valence-electron chi connectivity index (χ0n) is 27.2. The van der Waals surface area contributed by atoms with E-state index in [-0.39, 0.29) is 17.5 Å². The van der Waals surface area contributed by atoms with Gasteiger partial charge in [0, 0.05) is 31.7 Å². The molecule has 1 spiro atoms. The van der Waals surface area contributed by atoms with E-state index in [0.717, 1.165) is 57.4 Å². The van der Waals surface area contributed by atoms with Crippen LogP contribution in [0.25, 0.3) is 11.0 Å². The number of halogens is 4. The van der Waals surface area contributed by atoms with Gasteiger partial charge in [-0.15, -0.1) is 0 Å². The highest BCUT2D eigenvalue weighted by Gasteiger charge is 2.38. The van der Waals surface area contributed by atoms with Crippen molar-refractivity contribution in [1.82, 2.24) is 29.8 Å². The Morgan fingerprint density at radius 1 is 0.979 bits per heavy atom. The summed E-state index contributed by atoms with van der Waals surface area (Å²) < 4.78 is 59.2. The molecule has 2 aliphatic heterocycles. The molecule has 16 heteroatoms. The van der Waals surface area contributed by atoms with Gasteiger partial charge in [0.2, 0.25) is 11.8 Å². The van der Waals surface area contributed by atoms with Gasteiger partial charge in [0.25, 0.3) is 0 Å². The van der Waals surface area contributed by atoms with Gasteiger partial charge in [0.05, 0.1) is 21.0 Å². The lowest BCUT2D eigenvalue weighted by Crippen LogP contribution is -2.46.